The molecule has 2 amide bonds. The van der Waals surface area contributed by atoms with Gasteiger partial charge in [0.05, 0.1) is 11.4 Å². The number of carbonyl (C=O) groups excluding carboxylic acids is 2. The van der Waals surface area contributed by atoms with E-state index < -0.39 is 11.8 Å². The highest BCUT2D eigenvalue weighted by Gasteiger charge is 2.41. The minimum Gasteiger partial charge on any atom is -0.372 e. The zero-order valence-electron chi connectivity index (χ0n) is 20.8. The number of para-hydroxylation sites is 1. The fraction of sp³-hybridized carbons (Fsp3) is 0.129. The maximum absolute atomic E-state index is 14.0. The van der Waals surface area contributed by atoms with Crippen LogP contribution in [-0.4, -0.2) is 30.0 Å². The van der Waals surface area contributed by atoms with Gasteiger partial charge in [-0.05, 0) is 73.4 Å². The van der Waals surface area contributed by atoms with Gasteiger partial charge < -0.3 is 4.90 Å². The highest BCUT2D eigenvalue weighted by molar-refractivity contribution is 7.81. The van der Waals surface area contributed by atoms with Crippen molar-refractivity contribution in [1.29, 1.82) is 0 Å². The van der Waals surface area contributed by atoms with Crippen LogP contribution in [0.3, 0.4) is 0 Å². The van der Waals surface area contributed by atoms with Crippen molar-refractivity contribution in [3.63, 3.8) is 0 Å². The Bertz CT molecular complexity index is 1500. The van der Waals surface area contributed by atoms with E-state index in [1.165, 1.54) is 9.80 Å². The lowest BCUT2D eigenvalue weighted by atomic mass is 10.0. The van der Waals surface area contributed by atoms with Crippen LogP contribution in [0.1, 0.15) is 19.4 Å². The van der Waals surface area contributed by atoms with E-state index in [-0.39, 0.29) is 10.7 Å². The lowest BCUT2D eigenvalue weighted by Gasteiger charge is -2.37. The molecule has 0 spiro atoms. The van der Waals surface area contributed by atoms with Crippen LogP contribution in [0.2, 0.25) is 0 Å². The molecule has 1 aliphatic rings. The summed E-state index contributed by atoms with van der Waals surface area (Å²) >= 11 is 5.80. The van der Waals surface area contributed by atoms with E-state index in [4.69, 9.17) is 12.2 Å². The molecule has 0 aliphatic carbocycles. The molecular weight excluding hydrogens is 478 g/mol. The Morgan fingerprint density at radius 3 is 2.05 bits per heavy atom. The zero-order valence-corrected chi connectivity index (χ0v) is 21.6. The SMILES string of the molecule is CCN(CC)c1ccc(C=C2C(=O)N(c3ccccc3)C(=S)N(c3cccc4ccccc34)C2=O)cc1. The van der Waals surface area contributed by atoms with Crippen LogP contribution < -0.4 is 14.7 Å². The molecule has 0 N–H and O–H groups in total. The first-order valence-corrected chi connectivity index (χ1v) is 12.8. The second-order valence-electron chi connectivity index (χ2n) is 8.72. The molecule has 0 atom stereocenters. The van der Waals surface area contributed by atoms with Gasteiger partial charge in [0.25, 0.3) is 11.8 Å². The minimum absolute atomic E-state index is 0.0565. The van der Waals surface area contributed by atoms with E-state index in [0.29, 0.717) is 11.4 Å². The summed E-state index contributed by atoms with van der Waals surface area (Å²) < 4.78 is 0. The van der Waals surface area contributed by atoms with E-state index in [0.717, 1.165) is 35.1 Å². The van der Waals surface area contributed by atoms with Gasteiger partial charge in [-0.15, -0.1) is 0 Å². The monoisotopic (exact) mass is 505 g/mol. The minimum atomic E-state index is -0.439. The second-order valence-corrected chi connectivity index (χ2v) is 9.08. The van der Waals surface area contributed by atoms with Crippen molar-refractivity contribution in [3.05, 3.63) is 108 Å². The maximum atomic E-state index is 14.0. The average Bonchev–Trinajstić information content (AvgIpc) is 2.93. The summed E-state index contributed by atoms with van der Waals surface area (Å²) in [4.78, 5) is 32.9. The number of rotatable bonds is 6. The molecule has 1 saturated heterocycles. The summed E-state index contributed by atoms with van der Waals surface area (Å²) in [5, 5.41) is 1.99. The first-order chi connectivity index (χ1) is 18.0. The Kier molecular flexibility index (Phi) is 6.84. The van der Waals surface area contributed by atoms with Gasteiger partial charge in [-0.1, -0.05) is 66.7 Å². The number of carbonyl (C=O) groups is 2. The molecule has 5 nitrogen and oxygen atoms in total. The van der Waals surface area contributed by atoms with Crippen LogP contribution in [0.25, 0.3) is 16.8 Å². The Morgan fingerprint density at radius 1 is 0.730 bits per heavy atom. The lowest BCUT2D eigenvalue weighted by Crippen LogP contribution is -2.57. The van der Waals surface area contributed by atoms with Crippen molar-refractivity contribution in [2.75, 3.05) is 27.8 Å². The van der Waals surface area contributed by atoms with Crippen molar-refractivity contribution < 1.29 is 9.59 Å². The number of benzene rings is 4. The van der Waals surface area contributed by atoms with Crippen LogP contribution in [0, 0.1) is 0 Å². The summed E-state index contributed by atoms with van der Waals surface area (Å²) in [7, 11) is 0. The molecule has 1 heterocycles. The van der Waals surface area contributed by atoms with Gasteiger partial charge in [0.1, 0.15) is 5.57 Å². The largest absolute Gasteiger partial charge is 0.372 e. The van der Waals surface area contributed by atoms with E-state index in [2.05, 4.69) is 18.7 Å². The number of hydrogen-bond acceptors (Lipinski definition) is 4. The lowest BCUT2D eigenvalue weighted by molar-refractivity contribution is -0.120. The Labute approximate surface area is 222 Å². The van der Waals surface area contributed by atoms with Crippen LogP contribution >= 0.6 is 12.2 Å². The van der Waals surface area contributed by atoms with E-state index in [9.17, 15) is 9.59 Å². The van der Waals surface area contributed by atoms with Crippen LogP contribution in [0.5, 0.6) is 0 Å². The van der Waals surface area contributed by atoms with E-state index in [1.54, 1.807) is 6.08 Å². The number of fused-ring (bicyclic) bond motifs is 1. The smallest absolute Gasteiger partial charge is 0.270 e. The molecule has 0 radical (unpaired) electrons. The number of anilines is 3. The summed E-state index contributed by atoms with van der Waals surface area (Å²) in [6.07, 6.45) is 1.66. The second kappa shape index (κ2) is 10.4. The maximum Gasteiger partial charge on any atom is 0.270 e. The van der Waals surface area contributed by atoms with Crippen LogP contribution in [0.15, 0.2) is 103 Å². The Balaban J connectivity index is 1.64. The molecule has 5 rings (SSSR count). The third-order valence-electron chi connectivity index (χ3n) is 6.60. The van der Waals surface area contributed by atoms with Crippen LogP contribution in [0.4, 0.5) is 17.1 Å². The first kappa shape index (κ1) is 24.4. The third-order valence-corrected chi connectivity index (χ3v) is 6.97. The highest BCUT2D eigenvalue weighted by atomic mass is 32.1. The predicted octanol–water partition coefficient (Wildman–Crippen LogP) is 6.43. The standard InChI is InChI=1S/C31H27N3O2S/c1-3-32(4-2)24-19-17-22(18-20-24)21-27-29(35)33(25-13-6-5-7-14-25)31(37)34(30(27)36)28-16-10-12-23-11-8-9-15-26(23)28/h5-21H,3-4H2,1-2H3. The molecule has 184 valence electrons. The molecule has 1 aliphatic heterocycles. The Hall–Kier alpha value is -4.29. The molecular formula is C31H27N3O2S. The topological polar surface area (TPSA) is 43.9 Å². The normalized spacial score (nSPS) is 15.1. The van der Waals surface area contributed by atoms with Crippen molar-refractivity contribution in [2.45, 2.75) is 13.8 Å². The molecule has 37 heavy (non-hydrogen) atoms. The number of thiocarbonyl (C=S) groups is 1. The molecule has 0 unspecified atom stereocenters. The van der Waals surface area contributed by atoms with Crippen molar-refractivity contribution >= 4 is 63.1 Å². The molecule has 1 fully saturated rings. The van der Waals surface area contributed by atoms with Gasteiger partial charge in [-0.2, -0.15) is 0 Å². The van der Waals surface area contributed by atoms with E-state index >= 15 is 0 Å². The van der Waals surface area contributed by atoms with Crippen molar-refractivity contribution in [3.8, 4) is 0 Å². The zero-order chi connectivity index (χ0) is 25.9. The molecule has 4 aromatic rings. The van der Waals surface area contributed by atoms with Gasteiger partial charge in [0.15, 0.2) is 5.11 Å². The predicted molar refractivity (Wildman–Crippen MR) is 156 cm³/mol. The number of hydrogen-bond donors (Lipinski definition) is 0. The fourth-order valence-electron chi connectivity index (χ4n) is 4.69. The molecule has 4 aromatic carbocycles. The molecule has 6 heteroatoms. The average molecular weight is 506 g/mol. The first-order valence-electron chi connectivity index (χ1n) is 12.4. The van der Waals surface area contributed by atoms with Gasteiger partial charge in [0.2, 0.25) is 0 Å². The molecule has 0 bridgehead atoms. The number of nitrogens with zero attached hydrogens (tertiary/aromatic N) is 3. The van der Waals surface area contributed by atoms with Gasteiger partial charge in [0, 0.05) is 24.2 Å². The Morgan fingerprint density at radius 2 is 1.35 bits per heavy atom. The summed E-state index contributed by atoms with van der Waals surface area (Å²) in [6.45, 7) is 6.03. The van der Waals surface area contributed by atoms with Crippen molar-refractivity contribution in [2.24, 2.45) is 0 Å². The van der Waals surface area contributed by atoms with Gasteiger partial charge in [-0.25, -0.2) is 0 Å². The number of amides is 2. The molecule has 0 saturated carbocycles. The summed E-state index contributed by atoms with van der Waals surface area (Å²) in [6, 6.07) is 30.7. The van der Waals surface area contributed by atoms with Crippen molar-refractivity contribution in [1.82, 2.24) is 0 Å². The highest BCUT2D eigenvalue weighted by Crippen LogP contribution is 2.34. The quantitative estimate of drug-likeness (QED) is 0.172. The fourth-order valence-corrected chi connectivity index (χ4v) is 5.06. The van der Waals surface area contributed by atoms with Gasteiger partial charge >= 0.3 is 0 Å². The van der Waals surface area contributed by atoms with Gasteiger partial charge in [-0.3, -0.25) is 19.4 Å². The summed E-state index contributed by atoms with van der Waals surface area (Å²) in [5.74, 6) is -0.878. The van der Waals surface area contributed by atoms with Crippen LogP contribution in [-0.2, 0) is 9.59 Å². The van der Waals surface area contributed by atoms with E-state index in [1.807, 2.05) is 97.1 Å². The summed E-state index contributed by atoms with van der Waals surface area (Å²) in [5.41, 5.74) is 3.17. The third kappa shape index (κ3) is 4.52. The molecule has 0 aromatic heterocycles.